The zero-order chi connectivity index (χ0) is 15.1. The minimum atomic E-state index is -3.21. The van der Waals surface area contributed by atoms with Crippen LogP contribution in [0.4, 0.5) is 0 Å². The van der Waals surface area contributed by atoms with E-state index in [0.717, 1.165) is 29.8 Å². The molecule has 1 heterocycles. The van der Waals surface area contributed by atoms with Gasteiger partial charge in [0.1, 0.15) is 0 Å². The van der Waals surface area contributed by atoms with Crippen LogP contribution in [0.15, 0.2) is 6.07 Å². The van der Waals surface area contributed by atoms with Gasteiger partial charge in [0.15, 0.2) is 0 Å². The summed E-state index contributed by atoms with van der Waals surface area (Å²) in [5.74, 6) is 0.0575. The maximum absolute atomic E-state index is 11.6. The summed E-state index contributed by atoms with van der Waals surface area (Å²) >= 11 is 0. The van der Waals surface area contributed by atoms with Crippen molar-refractivity contribution < 1.29 is 13.5 Å². The molecule has 0 radical (unpaired) electrons. The molecule has 114 valence electrons. The number of fused-ring (bicyclic) bond motifs is 1. The largest absolute Gasteiger partial charge is 0.388 e. The first kappa shape index (κ1) is 15.5. The monoisotopic (exact) mass is 300 g/mol. The second-order valence-electron chi connectivity index (χ2n) is 6.42. The molecule has 0 aliphatic heterocycles. The Morgan fingerprint density at radius 2 is 2.15 bits per heavy atom. The Morgan fingerprint density at radius 3 is 2.75 bits per heavy atom. The topological polar surface area (TPSA) is 71.3 Å². The summed E-state index contributed by atoms with van der Waals surface area (Å²) in [5, 5.41) is 10.3. The summed E-state index contributed by atoms with van der Waals surface area (Å²) in [6.07, 6.45) is 1.17. The van der Waals surface area contributed by atoms with E-state index in [9.17, 15) is 13.5 Å². The fraction of sp³-hybridized carbons (Fsp3) is 0.714. The Labute approximate surface area is 121 Å². The SMILES string of the molecule is CNS(=O)(=O)CCn1c(C)cc2c1CC(C)(C)CC2O. The van der Waals surface area contributed by atoms with Crippen LogP contribution >= 0.6 is 0 Å². The molecule has 1 atom stereocenters. The van der Waals surface area contributed by atoms with Crippen LogP contribution in [0.25, 0.3) is 0 Å². The van der Waals surface area contributed by atoms with Crippen molar-refractivity contribution in [3.63, 3.8) is 0 Å². The molecule has 1 aromatic rings. The third-order valence-electron chi connectivity index (χ3n) is 4.09. The van der Waals surface area contributed by atoms with E-state index >= 15 is 0 Å². The zero-order valence-electron chi connectivity index (χ0n) is 12.6. The lowest BCUT2D eigenvalue weighted by Crippen LogP contribution is -2.29. The molecule has 2 N–H and O–H groups in total. The Morgan fingerprint density at radius 1 is 1.50 bits per heavy atom. The van der Waals surface area contributed by atoms with E-state index in [1.54, 1.807) is 0 Å². The number of aliphatic hydroxyl groups is 1. The summed E-state index contributed by atoms with van der Waals surface area (Å²) in [6, 6.07) is 1.99. The Hall–Kier alpha value is -0.850. The van der Waals surface area contributed by atoms with Gasteiger partial charge in [-0.2, -0.15) is 0 Å². The van der Waals surface area contributed by atoms with Gasteiger partial charge in [-0.25, -0.2) is 13.1 Å². The van der Waals surface area contributed by atoms with Crippen molar-refractivity contribution in [1.82, 2.24) is 9.29 Å². The number of rotatable bonds is 4. The summed E-state index contributed by atoms with van der Waals surface area (Å²) in [5.41, 5.74) is 3.09. The van der Waals surface area contributed by atoms with Gasteiger partial charge in [0, 0.05) is 23.5 Å². The van der Waals surface area contributed by atoms with Crippen LogP contribution in [0.1, 0.15) is 43.3 Å². The van der Waals surface area contributed by atoms with E-state index in [-0.39, 0.29) is 11.2 Å². The number of hydrogen-bond acceptors (Lipinski definition) is 3. The van der Waals surface area contributed by atoms with Gasteiger partial charge in [-0.1, -0.05) is 13.8 Å². The predicted octanol–water partition coefficient (Wildman–Crippen LogP) is 1.35. The fourth-order valence-electron chi connectivity index (χ4n) is 3.02. The molecule has 0 bridgehead atoms. The van der Waals surface area contributed by atoms with Gasteiger partial charge in [-0.05, 0) is 38.3 Å². The van der Waals surface area contributed by atoms with Crippen molar-refractivity contribution in [1.29, 1.82) is 0 Å². The Bertz CT molecular complexity index is 602. The third-order valence-corrected chi connectivity index (χ3v) is 5.44. The highest BCUT2D eigenvalue weighted by atomic mass is 32.2. The number of sulfonamides is 1. The molecule has 0 fully saturated rings. The van der Waals surface area contributed by atoms with Crippen LogP contribution in [-0.4, -0.2) is 30.9 Å². The van der Waals surface area contributed by atoms with E-state index in [4.69, 9.17) is 0 Å². The molecule has 1 aliphatic rings. The van der Waals surface area contributed by atoms with E-state index in [0.29, 0.717) is 6.54 Å². The molecule has 1 aliphatic carbocycles. The molecule has 20 heavy (non-hydrogen) atoms. The summed E-state index contributed by atoms with van der Waals surface area (Å²) in [4.78, 5) is 0. The highest BCUT2D eigenvalue weighted by Crippen LogP contribution is 2.41. The first-order valence-electron chi connectivity index (χ1n) is 6.93. The number of aromatic nitrogens is 1. The quantitative estimate of drug-likeness (QED) is 0.882. The predicted molar refractivity (Wildman–Crippen MR) is 79.1 cm³/mol. The van der Waals surface area contributed by atoms with Gasteiger partial charge in [-0.15, -0.1) is 0 Å². The van der Waals surface area contributed by atoms with Crippen molar-refractivity contribution in [3.05, 3.63) is 23.0 Å². The third kappa shape index (κ3) is 3.07. The van der Waals surface area contributed by atoms with E-state index in [1.165, 1.54) is 7.05 Å². The van der Waals surface area contributed by atoms with Gasteiger partial charge in [0.25, 0.3) is 0 Å². The van der Waals surface area contributed by atoms with Crippen molar-refractivity contribution in [2.75, 3.05) is 12.8 Å². The van der Waals surface area contributed by atoms with Crippen LogP contribution < -0.4 is 4.72 Å². The average Bonchev–Trinajstić information content (AvgIpc) is 2.62. The van der Waals surface area contributed by atoms with Gasteiger partial charge in [0.2, 0.25) is 10.0 Å². The first-order chi connectivity index (χ1) is 9.15. The van der Waals surface area contributed by atoms with Crippen molar-refractivity contribution >= 4 is 10.0 Å². The molecule has 6 heteroatoms. The standard InChI is InChI=1S/C14H24N2O3S/c1-10-7-11-12(8-14(2,3)9-13(11)17)16(10)5-6-20(18,19)15-4/h7,13,15,17H,5-6,8-9H2,1-4H3. The van der Waals surface area contributed by atoms with Crippen molar-refractivity contribution in [2.45, 2.75) is 46.3 Å². The smallest absolute Gasteiger partial charge is 0.213 e. The number of nitrogens with one attached hydrogen (secondary N) is 1. The van der Waals surface area contributed by atoms with Gasteiger partial charge >= 0.3 is 0 Å². The highest BCUT2D eigenvalue weighted by molar-refractivity contribution is 7.89. The summed E-state index contributed by atoms with van der Waals surface area (Å²) in [6.45, 7) is 6.66. The molecule has 0 spiro atoms. The van der Waals surface area contributed by atoms with Crippen LogP contribution in [0.2, 0.25) is 0 Å². The Kier molecular flexibility index (Phi) is 4.01. The molecular weight excluding hydrogens is 276 g/mol. The van der Waals surface area contributed by atoms with Gasteiger partial charge in [0.05, 0.1) is 11.9 Å². The maximum atomic E-state index is 11.6. The summed E-state index contributed by atoms with van der Waals surface area (Å²) < 4.78 is 27.6. The number of aliphatic hydroxyl groups excluding tert-OH is 1. The molecule has 5 nitrogen and oxygen atoms in total. The highest BCUT2D eigenvalue weighted by Gasteiger charge is 2.34. The number of hydrogen-bond donors (Lipinski definition) is 2. The van der Waals surface area contributed by atoms with Crippen LogP contribution in [-0.2, 0) is 23.0 Å². The van der Waals surface area contributed by atoms with E-state index < -0.39 is 16.1 Å². The van der Waals surface area contributed by atoms with E-state index in [1.807, 2.05) is 17.6 Å². The van der Waals surface area contributed by atoms with Gasteiger partial charge in [-0.3, -0.25) is 0 Å². The van der Waals surface area contributed by atoms with Crippen molar-refractivity contribution in [3.8, 4) is 0 Å². The molecule has 1 unspecified atom stereocenters. The number of aryl methyl sites for hydroxylation is 1. The minimum Gasteiger partial charge on any atom is -0.388 e. The lowest BCUT2D eigenvalue weighted by Gasteiger charge is -2.34. The summed E-state index contributed by atoms with van der Waals surface area (Å²) in [7, 11) is -1.78. The molecule has 0 saturated carbocycles. The molecule has 1 aromatic heterocycles. The second kappa shape index (κ2) is 5.16. The van der Waals surface area contributed by atoms with Crippen LogP contribution in [0, 0.1) is 12.3 Å². The maximum Gasteiger partial charge on any atom is 0.213 e. The Balaban J connectivity index is 2.32. The first-order valence-corrected chi connectivity index (χ1v) is 8.58. The lowest BCUT2D eigenvalue weighted by molar-refractivity contribution is 0.0980. The van der Waals surface area contributed by atoms with Crippen LogP contribution in [0.3, 0.4) is 0 Å². The zero-order valence-corrected chi connectivity index (χ0v) is 13.4. The average molecular weight is 300 g/mol. The molecular formula is C14H24N2O3S. The molecule has 2 rings (SSSR count). The lowest BCUT2D eigenvalue weighted by atomic mass is 9.75. The van der Waals surface area contributed by atoms with Crippen LogP contribution in [0.5, 0.6) is 0 Å². The van der Waals surface area contributed by atoms with Gasteiger partial charge < -0.3 is 9.67 Å². The van der Waals surface area contributed by atoms with Crippen molar-refractivity contribution in [2.24, 2.45) is 5.41 Å². The molecule has 0 aromatic carbocycles. The fourth-order valence-corrected chi connectivity index (χ4v) is 3.65. The van der Waals surface area contributed by atoms with E-state index in [2.05, 4.69) is 18.6 Å². The number of nitrogens with zero attached hydrogens (tertiary/aromatic N) is 1. The molecule has 0 saturated heterocycles. The second-order valence-corrected chi connectivity index (χ2v) is 8.47. The molecule has 0 amide bonds. The normalized spacial score (nSPS) is 21.8. The minimum absolute atomic E-state index is 0.0385.